The highest BCUT2D eigenvalue weighted by Crippen LogP contribution is 2.42. The van der Waals surface area contributed by atoms with E-state index in [1.54, 1.807) is 0 Å². The summed E-state index contributed by atoms with van der Waals surface area (Å²) in [4.78, 5) is 0. The minimum Gasteiger partial charge on any atom is -0.315 e. The maximum absolute atomic E-state index is 12.6. The molecule has 0 unspecified atom stereocenters. The third-order valence-corrected chi connectivity index (χ3v) is 6.13. The number of alkyl halides is 1. The van der Waals surface area contributed by atoms with E-state index in [9.17, 15) is 12.8 Å². The van der Waals surface area contributed by atoms with E-state index < -0.39 is 21.3 Å². The van der Waals surface area contributed by atoms with Gasteiger partial charge in [-0.3, -0.25) is 4.39 Å². The van der Waals surface area contributed by atoms with Crippen LogP contribution in [0.15, 0.2) is 0 Å². The van der Waals surface area contributed by atoms with Crippen LogP contribution < -0.4 is 5.32 Å². The molecule has 3 nitrogen and oxygen atoms in total. The molecule has 2 saturated heterocycles. The second-order valence-electron chi connectivity index (χ2n) is 3.95. The van der Waals surface area contributed by atoms with Gasteiger partial charge in [-0.15, -0.1) is 0 Å². The maximum atomic E-state index is 12.6. The van der Waals surface area contributed by atoms with Crippen molar-refractivity contribution in [3.63, 3.8) is 0 Å². The van der Waals surface area contributed by atoms with Crippen molar-refractivity contribution in [2.75, 3.05) is 25.5 Å². The molecule has 0 amide bonds. The Kier molecular flexibility index (Phi) is 2.11. The molecule has 0 radical (unpaired) electrons. The highest BCUT2D eigenvalue weighted by molar-refractivity contribution is 7.93. The highest BCUT2D eigenvalue weighted by Gasteiger charge is 2.55. The predicted octanol–water partition coefficient (Wildman–Crippen LogP) is 0.123. The molecule has 0 aliphatic carbocycles. The Bertz CT molecular complexity index is 295. The van der Waals surface area contributed by atoms with E-state index >= 15 is 0 Å². The fourth-order valence-corrected chi connectivity index (χ4v) is 4.96. The minimum atomic E-state index is -3.05. The van der Waals surface area contributed by atoms with Crippen molar-refractivity contribution < 1.29 is 12.8 Å². The summed E-state index contributed by atoms with van der Waals surface area (Å²) >= 11 is 0. The van der Waals surface area contributed by atoms with Crippen LogP contribution in [-0.4, -0.2) is 38.7 Å². The number of rotatable bonds is 1. The first-order valence-corrected chi connectivity index (χ1v) is 6.27. The van der Waals surface area contributed by atoms with Crippen molar-refractivity contribution >= 4 is 9.84 Å². The molecule has 2 rings (SSSR count). The van der Waals surface area contributed by atoms with Gasteiger partial charge in [-0.2, -0.15) is 0 Å². The fourth-order valence-electron chi connectivity index (χ4n) is 2.54. The second kappa shape index (κ2) is 2.92. The molecule has 2 fully saturated rings. The van der Waals surface area contributed by atoms with Gasteiger partial charge in [0.25, 0.3) is 0 Å². The normalized spacial score (nSPS) is 43.0. The van der Waals surface area contributed by atoms with Crippen molar-refractivity contribution in [3.8, 4) is 0 Å². The Hall–Kier alpha value is -0.160. The molecular formula is C8H14FNO2S. The van der Waals surface area contributed by atoms with E-state index in [0.717, 1.165) is 0 Å². The Morgan fingerprint density at radius 3 is 2.85 bits per heavy atom. The molecule has 2 aliphatic rings. The molecule has 0 saturated carbocycles. The average Bonchev–Trinajstić information content (AvgIpc) is 2.63. The highest BCUT2D eigenvalue weighted by atomic mass is 32.2. The molecule has 5 heteroatoms. The summed E-state index contributed by atoms with van der Waals surface area (Å²) in [5, 5.41) is 3.03. The summed E-state index contributed by atoms with van der Waals surface area (Å²) in [5.74, 6) is -0.101. The van der Waals surface area contributed by atoms with Gasteiger partial charge in [0.15, 0.2) is 9.84 Å². The molecule has 0 aromatic heterocycles. The van der Waals surface area contributed by atoms with Crippen LogP contribution in [0.4, 0.5) is 4.39 Å². The van der Waals surface area contributed by atoms with Crippen LogP contribution in [0.3, 0.4) is 0 Å². The second-order valence-corrected chi connectivity index (χ2v) is 6.40. The molecule has 13 heavy (non-hydrogen) atoms. The molecule has 76 valence electrons. The third-order valence-electron chi connectivity index (χ3n) is 3.43. The van der Waals surface area contributed by atoms with Crippen LogP contribution in [-0.2, 0) is 9.84 Å². The SMILES string of the molecule is O=S1(=O)CC[C@@H](CF)[C@@]12CCNC2. The van der Waals surface area contributed by atoms with Crippen molar-refractivity contribution in [1.82, 2.24) is 5.32 Å². The first-order chi connectivity index (χ1) is 6.12. The van der Waals surface area contributed by atoms with Gasteiger partial charge in [0.1, 0.15) is 0 Å². The average molecular weight is 207 g/mol. The van der Waals surface area contributed by atoms with Gasteiger partial charge in [-0.1, -0.05) is 0 Å². The van der Waals surface area contributed by atoms with E-state index in [1.807, 2.05) is 0 Å². The Balaban J connectivity index is 2.39. The standard InChI is InChI=1S/C8H14FNO2S/c9-5-7-1-4-13(11,12)8(7)2-3-10-6-8/h7,10H,1-6H2/t7-,8-/m0/s1. The Morgan fingerprint density at radius 2 is 2.31 bits per heavy atom. The molecule has 0 bridgehead atoms. The molecular weight excluding hydrogens is 193 g/mol. The van der Waals surface area contributed by atoms with Crippen molar-refractivity contribution in [3.05, 3.63) is 0 Å². The number of nitrogens with one attached hydrogen (secondary N) is 1. The zero-order valence-electron chi connectivity index (χ0n) is 7.42. The molecule has 1 spiro atoms. The van der Waals surface area contributed by atoms with Crippen molar-refractivity contribution in [2.45, 2.75) is 17.6 Å². The molecule has 1 N–H and O–H groups in total. The van der Waals surface area contributed by atoms with Crippen LogP contribution in [0, 0.1) is 5.92 Å². The summed E-state index contributed by atoms with van der Waals surface area (Å²) < 4.78 is 35.4. The molecule has 0 aromatic carbocycles. The van der Waals surface area contributed by atoms with E-state index in [0.29, 0.717) is 25.9 Å². The lowest BCUT2D eigenvalue weighted by Gasteiger charge is -2.26. The molecule has 2 heterocycles. The fraction of sp³-hybridized carbons (Fsp3) is 1.00. The van der Waals surface area contributed by atoms with Crippen molar-refractivity contribution in [1.29, 1.82) is 0 Å². The topological polar surface area (TPSA) is 46.2 Å². The number of halogens is 1. The minimum absolute atomic E-state index is 0.170. The van der Waals surface area contributed by atoms with Gasteiger partial charge in [0, 0.05) is 12.5 Å². The summed E-state index contributed by atoms with van der Waals surface area (Å²) in [5.41, 5.74) is 0. The summed E-state index contributed by atoms with van der Waals surface area (Å²) in [6, 6.07) is 0. The zero-order valence-corrected chi connectivity index (χ0v) is 8.24. The van der Waals surface area contributed by atoms with Gasteiger partial charge in [0.05, 0.1) is 17.2 Å². The van der Waals surface area contributed by atoms with Crippen LogP contribution in [0.1, 0.15) is 12.8 Å². The lowest BCUT2D eigenvalue weighted by molar-refractivity contribution is 0.300. The van der Waals surface area contributed by atoms with Crippen LogP contribution in [0.25, 0.3) is 0 Å². The first-order valence-electron chi connectivity index (χ1n) is 4.61. The monoisotopic (exact) mass is 207 g/mol. The van der Waals surface area contributed by atoms with E-state index in [1.165, 1.54) is 0 Å². The lowest BCUT2D eigenvalue weighted by atomic mass is 9.90. The Morgan fingerprint density at radius 1 is 1.54 bits per heavy atom. The summed E-state index contributed by atoms with van der Waals surface area (Å²) in [6.07, 6.45) is 1.09. The molecule has 2 aliphatic heterocycles. The van der Waals surface area contributed by atoms with Crippen LogP contribution in [0.5, 0.6) is 0 Å². The Labute approximate surface area is 77.6 Å². The van der Waals surface area contributed by atoms with E-state index in [4.69, 9.17) is 0 Å². The smallest absolute Gasteiger partial charge is 0.157 e. The molecule has 2 atom stereocenters. The van der Waals surface area contributed by atoms with Gasteiger partial charge >= 0.3 is 0 Å². The van der Waals surface area contributed by atoms with Crippen molar-refractivity contribution in [2.24, 2.45) is 5.92 Å². The van der Waals surface area contributed by atoms with Gasteiger partial charge in [-0.05, 0) is 19.4 Å². The zero-order chi connectivity index (χ0) is 9.53. The van der Waals surface area contributed by atoms with E-state index in [-0.39, 0.29) is 11.7 Å². The van der Waals surface area contributed by atoms with Gasteiger partial charge in [0.2, 0.25) is 0 Å². The first kappa shape index (κ1) is 9.40. The molecule has 0 aromatic rings. The maximum Gasteiger partial charge on any atom is 0.157 e. The largest absolute Gasteiger partial charge is 0.315 e. The number of hydrogen-bond acceptors (Lipinski definition) is 3. The van der Waals surface area contributed by atoms with Gasteiger partial charge < -0.3 is 5.32 Å². The lowest BCUT2D eigenvalue weighted by Crippen LogP contribution is -2.43. The summed E-state index contributed by atoms with van der Waals surface area (Å²) in [6.45, 7) is 0.653. The predicted molar refractivity (Wildman–Crippen MR) is 48.1 cm³/mol. The van der Waals surface area contributed by atoms with E-state index in [2.05, 4.69) is 5.32 Å². The number of hydrogen-bond donors (Lipinski definition) is 1. The number of sulfone groups is 1. The van der Waals surface area contributed by atoms with Gasteiger partial charge in [-0.25, -0.2) is 8.42 Å². The quantitative estimate of drug-likeness (QED) is 0.664. The third kappa shape index (κ3) is 1.13. The summed E-state index contributed by atoms with van der Waals surface area (Å²) in [7, 11) is -3.05. The van der Waals surface area contributed by atoms with Crippen LogP contribution in [0.2, 0.25) is 0 Å². The van der Waals surface area contributed by atoms with Crippen LogP contribution >= 0.6 is 0 Å².